The number of aryl methyl sites for hydroxylation is 1. The van der Waals surface area contributed by atoms with E-state index in [1.54, 1.807) is 18.2 Å². The van der Waals surface area contributed by atoms with Crippen LogP contribution in [0.2, 0.25) is 0 Å². The minimum Gasteiger partial charge on any atom is -0.268 e. The van der Waals surface area contributed by atoms with Crippen molar-refractivity contribution >= 4 is 33.2 Å². The molecule has 0 fully saturated rings. The van der Waals surface area contributed by atoms with Crippen LogP contribution >= 0.6 is 23.2 Å². The molecule has 0 spiro atoms. The number of hydrogen-bond acceptors (Lipinski definition) is 3. The third-order valence-electron chi connectivity index (χ3n) is 1.87. The monoisotopic (exact) mass is 290 g/mol. The van der Waals surface area contributed by atoms with Crippen LogP contribution in [-0.2, 0) is 10.0 Å². The van der Waals surface area contributed by atoms with Crippen molar-refractivity contribution in [3.05, 3.63) is 40.0 Å². The Hall–Kier alpha value is -1.22. The maximum atomic E-state index is 11.8. The van der Waals surface area contributed by atoms with E-state index < -0.39 is 20.2 Å². The molecule has 4 nitrogen and oxygen atoms in total. The Morgan fingerprint density at radius 3 is 2.24 bits per heavy atom. The van der Waals surface area contributed by atoms with Gasteiger partial charge in [0.25, 0.3) is 10.0 Å². The fourth-order valence-corrected chi connectivity index (χ4v) is 2.33. The molecule has 0 saturated carbocycles. The molecule has 0 unspecified atom stereocenters. The number of allylic oxidation sites excluding steroid dienone is 1. The highest BCUT2D eigenvalue weighted by Gasteiger charge is 2.16. The molecule has 0 bridgehead atoms. The van der Waals surface area contributed by atoms with Gasteiger partial charge in [-0.25, -0.2) is 8.42 Å². The lowest BCUT2D eigenvalue weighted by molar-refractivity contribution is 0.589. The van der Waals surface area contributed by atoms with Gasteiger partial charge in [-0.2, -0.15) is 5.26 Å². The molecule has 0 atom stereocenters. The van der Waals surface area contributed by atoms with Gasteiger partial charge in [-0.3, -0.25) is 4.72 Å². The Morgan fingerprint density at radius 2 is 1.82 bits per heavy atom. The van der Waals surface area contributed by atoms with Crippen LogP contribution in [-0.4, -0.2) is 8.42 Å². The van der Waals surface area contributed by atoms with Gasteiger partial charge in [0.05, 0.1) is 4.90 Å². The first kappa shape index (κ1) is 13.8. The van der Waals surface area contributed by atoms with Crippen molar-refractivity contribution in [3.63, 3.8) is 0 Å². The lowest BCUT2D eigenvalue weighted by Crippen LogP contribution is -2.22. The first-order valence-corrected chi connectivity index (χ1v) is 6.65. The second-order valence-electron chi connectivity index (χ2n) is 3.17. The maximum Gasteiger partial charge on any atom is 0.262 e. The minimum absolute atomic E-state index is 0.0328. The smallest absolute Gasteiger partial charge is 0.262 e. The predicted molar refractivity (Wildman–Crippen MR) is 65.8 cm³/mol. The zero-order valence-electron chi connectivity index (χ0n) is 8.74. The molecular formula is C10H8Cl2N2O2S. The third kappa shape index (κ3) is 3.63. The van der Waals surface area contributed by atoms with E-state index in [4.69, 9.17) is 28.5 Å². The fraction of sp³-hybridized carbons (Fsp3) is 0.100. The lowest BCUT2D eigenvalue weighted by Gasteiger charge is -2.06. The van der Waals surface area contributed by atoms with E-state index in [-0.39, 0.29) is 4.90 Å². The van der Waals surface area contributed by atoms with Crippen LogP contribution in [0, 0.1) is 18.3 Å². The molecule has 17 heavy (non-hydrogen) atoms. The summed E-state index contributed by atoms with van der Waals surface area (Å²) < 4.78 is 25.2. The number of nitriles is 1. The third-order valence-corrected chi connectivity index (χ3v) is 3.61. The number of rotatable bonds is 3. The van der Waals surface area contributed by atoms with Crippen LogP contribution in [0.3, 0.4) is 0 Å². The molecule has 0 radical (unpaired) electrons. The topological polar surface area (TPSA) is 70.0 Å². The normalized spacial score (nSPS) is 10.5. The Balaban J connectivity index is 3.10. The Kier molecular flexibility index (Phi) is 4.40. The highest BCUT2D eigenvalue weighted by molar-refractivity contribution is 7.89. The first-order valence-electron chi connectivity index (χ1n) is 4.41. The molecule has 1 aromatic rings. The van der Waals surface area contributed by atoms with Crippen LogP contribution in [0.4, 0.5) is 0 Å². The van der Waals surface area contributed by atoms with Gasteiger partial charge < -0.3 is 0 Å². The molecule has 0 heterocycles. The zero-order valence-corrected chi connectivity index (χ0v) is 11.1. The van der Waals surface area contributed by atoms with Gasteiger partial charge >= 0.3 is 0 Å². The summed E-state index contributed by atoms with van der Waals surface area (Å²) >= 11 is 10.7. The number of nitrogens with zero attached hydrogens (tertiary/aromatic N) is 1. The van der Waals surface area contributed by atoms with Gasteiger partial charge in [0, 0.05) is 0 Å². The van der Waals surface area contributed by atoms with Gasteiger partial charge in [-0.1, -0.05) is 40.9 Å². The Labute approximate surface area is 110 Å². The second kappa shape index (κ2) is 5.41. The summed E-state index contributed by atoms with van der Waals surface area (Å²) in [4.78, 5) is 0.0328. The quantitative estimate of drug-likeness (QED) is 0.869. The number of halogens is 2. The average molecular weight is 291 g/mol. The molecule has 0 amide bonds. The fourth-order valence-electron chi connectivity index (χ4n) is 1.01. The Bertz CT molecular complexity index is 582. The lowest BCUT2D eigenvalue weighted by atomic mass is 10.2. The summed E-state index contributed by atoms with van der Waals surface area (Å²) in [6.07, 6.45) is 0. The van der Waals surface area contributed by atoms with Crippen LogP contribution < -0.4 is 4.72 Å². The van der Waals surface area contributed by atoms with E-state index in [2.05, 4.69) is 0 Å². The highest BCUT2D eigenvalue weighted by atomic mass is 35.5. The number of hydrogen-bond donors (Lipinski definition) is 1. The van der Waals surface area contributed by atoms with E-state index in [9.17, 15) is 8.42 Å². The van der Waals surface area contributed by atoms with E-state index >= 15 is 0 Å². The molecule has 7 heteroatoms. The molecule has 90 valence electrons. The summed E-state index contributed by atoms with van der Waals surface area (Å²) in [5, 5.41) is 8.65. The first-order chi connectivity index (χ1) is 7.86. The van der Waals surface area contributed by atoms with Gasteiger partial charge in [-0.15, -0.1) is 0 Å². The van der Waals surface area contributed by atoms with Crippen molar-refractivity contribution in [2.24, 2.45) is 0 Å². The highest BCUT2D eigenvalue weighted by Crippen LogP contribution is 2.15. The van der Waals surface area contributed by atoms with Crippen molar-refractivity contribution < 1.29 is 8.42 Å². The molecular weight excluding hydrogens is 283 g/mol. The maximum absolute atomic E-state index is 11.8. The summed E-state index contributed by atoms with van der Waals surface area (Å²) in [6, 6.07) is 7.71. The van der Waals surface area contributed by atoms with Crippen molar-refractivity contribution in [1.29, 1.82) is 5.26 Å². The van der Waals surface area contributed by atoms with Crippen LogP contribution in [0.5, 0.6) is 0 Å². The number of sulfonamides is 1. The van der Waals surface area contributed by atoms with Gasteiger partial charge in [-0.05, 0) is 19.1 Å². The van der Waals surface area contributed by atoms with Crippen molar-refractivity contribution in [2.75, 3.05) is 0 Å². The summed E-state index contributed by atoms with van der Waals surface area (Å²) in [5.74, 6) is 0. The van der Waals surface area contributed by atoms with Crippen LogP contribution in [0.15, 0.2) is 39.3 Å². The van der Waals surface area contributed by atoms with E-state index in [0.717, 1.165) is 5.56 Å². The van der Waals surface area contributed by atoms with Gasteiger partial charge in [0.2, 0.25) is 0 Å². The van der Waals surface area contributed by atoms with Crippen LogP contribution in [0.25, 0.3) is 0 Å². The van der Waals surface area contributed by atoms with E-state index in [0.29, 0.717) is 0 Å². The molecule has 0 saturated heterocycles. The molecule has 0 aliphatic heterocycles. The predicted octanol–water partition coefficient (Wildman–Crippen LogP) is 2.44. The zero-order chi connectivity index (χ0) is 13.1. The molecule has 1 aromatic carbocycles. The second-order valence-corrected chi connectivity index (χ2v) is 5.80. The molecule has 0 aliphatic rings. The van der Waals surface area contributed by atoms with E-state index in [1.165, 1.54) is 12.1 Å². The largest absolute Gasteiger partial charge is 0.268 e. The molecule has 0 aromatic heterocycles. The minimum atomic E-state index is -3.83. The summed E-state index contributed by atoms with van der Waals surface area (Å²) in [5.41, 5.74) is 0.518. The molecule has 1 rings (SSSR count). The molecule has 0 aliphatic carbocycles. The number of benzene rings is 1. The van der Waals surface area contributed by atoms with Crippen LogP contribution in [0.1, 0.15) is 5.56 Å². The van der Waals surface area contributed by atoms with Crippen molar-refractivity contribution in [3.8, 4) is 6.07 Å². The van der Waals surface area contributed by atoms with Gasteiger partial charge in [0.1, 0.15) is 10.6 Å². The summed E-state index contributed by atoms with van der Waals surface area (Å²) in [6.45, 7) is 1.83. The molecule has 1 N–H and O–H groups in total. The summed E-state index contributed by atoms with van der Waals surface area (Å²) in [7, 11) is -3.83. The SMILES string of the molecule is Cc1ccc(S(=O)(=O)NC(C#N)=C(Cl)Cl)cc1. The van der Waals surface area contributed by atoms with E-state index in [1.807, 2.05) is 11.6 Å². The van der Waals surface area contributed by atoms with Crippen molar-refractivity contribution in [1.82, 2.24) is 4.72 Å². The Morgan fingerprint density at radius 1 is 1.29 bits per heavy atom. The standard InChI is InChI=1S/C10H8Cl2N2O2S/c1-7-2-4-8(5-3-7)17(15,16)14-9(6-13)10(11)12/h2-5,14H,1H3. The average Bonchev–Trinajstić information content (AvgIpc) is 2.26. The van der Waals surface area contributed by atoms with Crippen molar-refractivity contribution in [2.45, 2.75) is 11.8 Å². The number of nitrogens with one attached hydrogen (secondary N) is 1. The van der Waals surface area contributed by atoms with Gasteiger partial charge in [0.15, 0.2) is 5.70 Å².